The van der Waals surface area contributed by atoms with Crippen LogP contribution in [0.3, 0.4) is 0 Å². The molecule has 5 heteroatoms. The number of amides is 1. The average Bonchev–Trinajstić information content (AvgIpc) is 3.20. The second-order valence-electron chi connectivity index (χ2n) is 6.42. The van der Waals surface area contributed by atoms with Crippen LogP contribution >= 0.6 is 0 Å². The lowest BCUT2D eigenvalue weighted by molar-refractivity contribution is 0.0761. The number of carbonyl (C=O) groups is 1. The lowest BCUT2D eigenvalue weighted by Gasteiger charge is -2.22. The molecule has 0 radical (unpaired) electrons. The third-order valence-corrected chi connectivity index (χ3v) is 4.62. The van der Waals surface area contributed by atoms with Crippen molar-refractivity contribution in [2.45, 2.75) is 19.3 Å². The van der Waals surface area contributed by atoms with Gasteiger partial charge in [0.25, 0.3) is 5.91 Å². The van der Waals surface area contributed by atoms with E-state index in [2.05, 4.69) is 22.0 Å². The molecule has 1 aliphatic rings. The molecule has 1 aliphatic heterocycles. The molecule has 0 bridgehead atoms. The number of pyridine rings is 1. The van der Waals surface area contributed by atoms with Crippen LogP contribution in [0.4, 0.5) is 5.82 Å². The monoisotopic (exact) mass is 338 g/mol. The van der Waals surface area contributed by atoms with Gasteiger partial charge >= 0.3 is 0 Å². The fourth-order valence-corrected chi connectivity index (χ4v) is 3.21. The molecule has 1 amide bonds. The molecule has 2 N–H and O–H groups in total. The lowest BCUT2D eigenvalue weighted by atomic mass is 10.1. The van der Waals surface area contributed by atoms with E-state index in [1.54, 1.807) is 6.20 Å². The third-order valence-electron chi connectivity index (χ3n) is 4.62. The quantitative estimate of drug-likeness (QED) is 0.842. The number of hydrogen-bond donors (Lipinski definition) is 1. The van der Waals surface area contributed by atoms with Gasteiger partial charge in [0, 0.05) is 38.9 Å². The van der Waals surface area contributed by atoms with E-state index in [0.717, 1.165) is 25.3 Å². The van der Waals surface area contributed by atoms with E-state index >= 15 is 0 Å². The number of anilines is 1. The summed E-state index contributed by atoms with van der Waals surface area (Å²) in [5.41, 5.74) is 7.56. The van der Waals surface area contributed by atoms with Gasteiger partial charge < -0.3 is 15.5 Å². The maximum atomic E-state index is 12.8. The highest BCUT2D eigenvalue weighted by molar-refractivity contribution is 5.94. The molecular weight excluding hydrogens is 312 g/mol. The molecule has 1 aromatic carbocycles. The molecule has 1 fully saturated rings. The van der Waals surface area contributed by atoms with Crippen LogP contribution in [-0.4, -0.2) is 48.5 Å². The van der Waals surface area contributed by atoms with E-state index in [-0.39, 0.29) is 5.91 Å². The molecular formula is C20H26N4O. The van der Waals surface area contributed by atoms with Crippen LogP contribution in [0.1, 0.15) is 28.8 Å². The highest BCUT2D eigenvalue weighted by Gasteiger charge is 2.17. The van der Waals surface area contributed by atoms with E-state index in [1.807, 2.05) is 35.2 Å². The Bertz CT molecular complexity index is 666. The smallest absolute Gasteiger partial charge is 0.255 e. The van der Waals surface area contributed by atoms with E-state index in [9.17, 15) is 4.79 Å². The van der Waals surface area contributed by atoms with Crippen molar-refractivity contribution in [2.75, 3.05) is 37.6 Å². The molecule has 2 aromatic rings. The van der Waals surface area contributed by atoms with Gasteiger partial charge in [-0.05, 0) is 37.0 Å². The first-order chi connectivity index (χ1) is 12.3. The van der Waals surface area contributed by atoms with Crippen molar-refractivity contribution in [1.29, 1.82) is 0 Å². The summed E-state index contributed by atoms with van der Waals surface area (Å²) >= 11 is 0. The first-order valence-corrected chi connectivity index (χ1v) is 9.02. The number of benzene rings is 1. The second-order valence-corrected chi connectivity index (χ2v) is 6.42. The SMILES string of the molecule is NCCN(CCc1ccccc1)C(=O)c1ccc(N2CCCC2)nc1. The topological polar surface area (TPSA) is 62.5 Å². The van der Waals surface area contributed by atoms with Crippen molar-refractivity contribution < 1.29 is 4.79 Å². The standard InChI is InChI=1S/C20H26N4O/c21-11-15-24(14-10-17-6-2-1-3-7-17)20(25)18-8-9-19(22-16-18)23-12-4-5-13-23/h1-3,6-9,16H,4-5,10-15,21H2. The van der Waals surface area contributed by atoms with Crippen molar-refractivity contribution in [2.24, 2.45) is 5.73 Å². The fourth-order valence-electron chi connectivity index (χ4n) is 3.21. The Morgan fingerprint density at radius 2 is 1.84 bits per heavy atom. The first-order valence-electron chi connectivity index (χ1n) is 9.02. The molecule has 0 unspecified atom stereocenters. The van der Waals surface area contributed by atoms with Gasteiger partial charge in [-0.2, -0.15) is 0 Å². The number of rotatable bonds is 7. The number of nitrogens with zero attached hydrogens (tertiary/aromatic N) is 3. The average molecular weight is 338 g/mol. The predicted octanol–water partition coefficient (Wildman–Crippen LogP) is 2.33. The third kappa shape index (κ3) is 4.57. The van der Waals surface area contributed by atoms with Crippen LogP contribution in [0.15, 0.2) is 48.7 Å². The Morgan fingerprint density at radius 3 is 2.48 bits per heavy atom. The van der Waals surface area contributed by atoms with Gasteiger partial charge in [0.2, 0.25) is 0 Å². The second kappa shape index (κ2) is 8.62. The summed E-state index contributed by atoms with van der Waals surface area (Å²) in [5.74, 6) is 0.963. The maximum Gasteiger partial charge on any atom is 0.255 e. The van der Waals surface area contributed by atoms with Crippen molar-refractivity contribution in [3.63, 3.8) is 0 Å². The molecule has 2 heterocycles. The summed E-state index contributed by atoms with van der Waals surface area (Å²) in [6.45, 7) is 3.78. The van der Waals surface area contributed by atoms with Gasteiger partial charge in [0.05, 0.1) is 5.56 Å². The Kier molecular flexibility index (Phi) is 6.01. The molecule has 0 saturated carbocycles. The van der Waals surface area contributed by atoms with Crippen LogP contribution in [-0.2, 0) is 6.42 Å². The van der Waals surface area contributed by atoms with Gasteiger partial charge in [-0.25, -0.2) is 4.98 Å². The van der Waals surface area contributed by atoms with Crippen LogP contribution < -0.4 is 10.6 Å². The van der Waals surface area contributed by atoms with Gasteiger partial charge in [0.1, 0.15) is 5.82 Å². The first kappa shape index (κ1) is 17.4. The summed E-state index contributed by atoms with van der Waals surface area (Å²) in [5, 5.41) is 0. The zero-order valence-electron chi connectivity index (χ0n) is 14.6. The zero-order chi connectivity index (χ0) is 17.5. The van der Waals surface area contributed by atoms with Crippen molar-refractivity contribution >= 4 is 11.7 Å². The Labute approximate surface area is 149 Å². The number of hydrogen-bond acceptors (Lipinski definition) is 4. The highest BCUT2D eigenvalue weighted by Crippen LogP contribution is 2.18. The lowest BCUT2D eigenvalue weighted by Crippen LogP contribution is -2.37. The molecule has 25 heavy (non-hydrogen) atoms. The van der Waals surface area contributed by atoms with E-state index in [0.29, 0.717) is 25.2 Å². The van der Waals surface area contributed by atoms with Gasteiger partial charge in [-0.15, -0.1) is 0 Å². The Balaban J connectivity index is 1.64. The zero-order valence-corrected chi connectivity index (χ0v) is 14.6. The number of aromatic nitrogens is 1. The largest absolute Gasteiger partial charge is 0.357 e. The van der Waals surface area contributed by atoms with Gasteiger partial charge in [-0.1, -0.05) is 30.3 Å². The van der Waals surface area contributed by atoms with Crippen LogP contribution in [0.25, 0.3) is 0 Å². The van der Waals surface area contributed by atoms with E-state index in [4.69, 9.17) is 5.73 Å². The minimum absolute atomic E-state index is 0.00172. The predicted molar refractivity (Wildman–Crippen MR) is 101 cm³/mol. The van der Waals surface area contributed by atoms with Gasteiger partial charge in [-0.3, -0.25) is 4.79 Å². The minimum Gasteiger partial charge on any atom is -0.357 e. The molecule has 0 atom stereocenters. The molecule has 0 aliphatic carbocycles. The van der Waals surface area contributed by atoms with E-state index < -0.39 is 0 Å². The van der Waals surface area contributed by atoms with E-state index in [1.165, 1.54) is 18.4 Å². The Morgan fingerprint density at radius 1 is 1.08 bits per heavy atom. The van der Waals surface area contributed by atoms with Crippen LogP contribution in [0, 0.1) is 0 Å². The molecule has 0 spiro atoms. The maximum absolute atomic E-state index is 12.8. The summed E-state index contributed by atoms with van der Waals surface area (Å²) in [6.07, 6.45) is 4.95. The summed E-state index contributed by atoms with van der Waals surface area (Å²) in [6, 6.07) is 14.0. The Hall–Kier alpha value is -2.40. The normalized spacial score (nSPS) is 13.9. The summed E-state index contributed by atoms with van der Waals surface area (Å²) < 4.78 is 0. The summed E-state index contributed by atoms with van der Waals surface area (Å²) in [4.78, 5) is 21.4. The number of nitrogens with two attached hydrogens (primary N) is 1. The highest BCUT2D eigenvalue weighted by atomic mass is 16.2. The van der Waals surface area contributed by atoms with Gasteiger partial charge in [0.15, 0.2) is 0 Å². The molecule has 132 valence electrons. The van der Waals surface area contributed by atoms with Crippen molar-refractivity contribution in [1.82, 2.24) is 9.88 Å². The van der Waals surface area contributed by atoms with Crippen molar-refractivity contribution in [3.05, 3.63) is 59.8 Å². The molecule has 1 aromatic heterocycles. The molecule has 1 saturated heterocycles. The fraction of sp³-hybridized carbons (Fsp3) is 0.400. The summed E-state index contributed by atoms with van der Waals surface area (Å²) in [7, 11) is 0. The van der Waals surface area contributed by atoms with Crippen LogP contribution in [0.2, 0.25) is 0 Å². The van der Waals surface area contributed by atoms with Crippen molar-refractivity contribution in [3.8, 4) is 0 Å². The molecule has 3 rings (SSSR count). The number of carbonyl (C=O) groups excluding carboxylic acids is 1. The minimum atomic E-state index is 0.00172. The van der Waals surface area contributed by atoms with Crippen LogP contribution in [0.5, 0.6) is 0 Å². The molecule has 5 nitrogen and oxygen atoms in total.